The Morgan fingerprint density at radius 3 is 2.85 bits per heavy atom. The fourth-order valence-electron chi connectivity index (χ4n) is 2.07. The molecular formula is C13H16ClN3O2S. The van der Waals surface area contributed by atoms with Crippen LogP contribution in [-0.2, 0) is 4.79 Å². The van der Waals surface area contributed by atoms with E-state index in [1.807, 2.05) is 0 Å². The molecular weight excluding hydrogens is 298 g/mol. The van der Waals surface area contributed by atoms with Gasteiger partial charge in [-0.05, 0) is 25.0 Å². The number of hydrogen-bond donors (Lipinski definition) is 2. The smallest absolute Gasteiger partial charge is 0.321 e. The molecule has 0 radical (unpaired) electrons. The number of halogens is 1. The van der Waals surface area contributed by atoms with Crippen LogP contribution in [0.5, 0.6) is 0 Å². The van der Waals surface area contributed by atoms with Crippen molar-refractivity contribution < 1.29 is 9.59 Å². The number of nitrogens with one attached hydrogen (secondary N) is 2. The molecule has 0 spiro atoms. The van der Waals surface area contributed by atoms with Gasteiger partial charge in [-0.25, -0.2) is 9.78 Å². The van der Waals surface area contributed by atoms with Gasteiger partial charge in [0.2, 0.25) is 5.91 Å². The van der Waals surface area contributed by atoms with Crippen LogP contribution >= 0.6 is 23.4 Å². The summed E-state index contributed by atoms with van der Waals surface area (Å²) in [6, 6.07) is 3.21. The normalized spacial score (nSPS) is 15.1. The van der Waals surface area contributed by atoms with E-state index in [9.17, 15) is 9.59 Å². The summed E-state index contributed by atoms with van der Waals surface area (Å²) < 4.78 is 0. The average molecular weight is 314 g/mol. The Bertz CT molecular complexity index is 492. The Morgan fingerprint density at radius 2 is 2.15 bits per heavy atom. The minimum absolute atomic E-state index is 0.106. The predicted octanol–water partition coefficient (Wildman–Crippen LogP) is 2.60. The Labute approximate surface area is 126 Å². The molecule has 0 saturated heterocycles. The number of pyridine rings is 1. The highest BCUT2D eigenvalue weighted by Crippen LogP contribution is 2.23. The van der Waals surface area contributed by atoms with Gasteiger partial charge >= 0.3 is 6.03 Å². The first-order chi connectivity index (χ1) is 9.65. The Kier molecular flexibility index (Phi) is 5.67. The van der Waals surface area contributed by atoms with Gasteiger partial charge in [0, 0.05) is 12.2 Å². The summed E-state index contributed by atoms with van der Waals surface area (Å²) in [5.74, 6) is -0.248. The molecule has 0 bridgehead atoms. The molecule has 7 heteroatoms. The monoisotopic (exact) mass is 313 g/mol. The molecule has 1 fully saturated rings. The van der Waals surface area contributed by atoms with Gasteiger partial charge in [0.25, 0.3) is 0 Å². The van der Waals surface area contributed by atoms with Crippen molar-refractivity contribution in [2.24, 2.45) is 0 Å². The fraction of sp³-hybridized carbons (Fsp3) is 0.462. The van der Waals surface area contributed by atoms with E-state index in [2.05, 4.69) is 15.6 Å². The second-order valence-electron chi connectivity index (χ2n) is 4.58. The minimum atomic E-state index is -0.422. The van der Waals surface area contributed by atoms with Gasteiger partial charge in [-0.15, -0.1) is 0 Å². The van der Waals surface area contributed by atoms with Crippen LogP contribution in [0.1, 0.15) is 25.7 Å². The lowest BCUT2D eigenvalue weighted by molar-refractivity contribution is -0.117. The lowest BCUT2D eigenvalue weighted by atomic mass is 10.2. The lowest BCUT2D eigenvalue weighted by Gasteiger charge is -2.12. The molecule has 1 aliphatic rings. The van der Waals surface area contributed by atoms with Crippen molar-refractivity contribution in [2.45, 2.75) is 36.8 Å². The molecule has 1 saturated carbocycles. The first kappa shape index (κ1) is 15.1. The van der Waals surface area contributed by atoms with E-state index in [-0.39, 0.29) is 17.7 Å². The molecule has 0 aliphatic heterocycles. The summed E-state index contributed by atoms with van der Waals surface area (Å²) >= 11 is 7.14. The minimum Gasteiger partial charge on any atom is -0.335 e. The number of amides is 3. The van der Waals surface area contributed by atoms with Crippen molar-refractivity contribution in [1.29, 1.82) is 0 Å². The second-order valence-corrected chi connectivity index (χ2v) is 5.95. The topological polar surface area (TPSA) is 71.1 Å². The van der Waals surface area contributed by atoms with Crippen LogP contribution in [0.4, 0.5) is 4.79 Å². The van der Waals surface area contributed by atoms with E-state index in [0.717, 1.165) is 25.7 Å². The predicted molar refractivity (Wildman–Crippen MR) is 78.9 cm³/mol. The molecule has 108 valence electrons. The third-order valence-electron chi connectivity index (χ3n) is 3.01. The van der Waals surface area contributed by atoms with Gasteiger partial charge in [0.05, 0.1) is 10.8 Å². The summed E-state index contributed by atoms with van der Waals surface area (Å²) in [6.45, 7) is 0. The maximum atomic E-state index is 11.6. The number of carbonyl (C=O) groups excluding carboxylic acids is 2. The van der Waals surface area contributed by atoms with Crippen molar-refractivity contribution >= 4 is 35.3 Å². The van der Waals surface area contributed by atoms with E-state index in [1.165, 1.54) is 11.8 Å². The average Bonchev–Trinajstić information content (AvgIpc) is 2.90. The molecule has 20 heavy (non-hydrogen) atoms. The quantitative estimate of drug-likeness (QED) is 0.838. The van der Waals surface area contributed by atoms with E-state index < -0.39 is 6.03 Å². The molecule has 0 unspecified atom stereocenters. The molecule has 1 heterocycles. The van der Waals surface area contributed by atoms with E-state index in [0.29, 0.717) is 10.0 Å². The van der Waals surface area contributed by atoms with Crippen molar-refractivity contribution in [2.75, 3.05) is 5.75 Å². The van der Waals surface area contributed by atoms with Crippen molar-refractivity contribution in [3.63, 3.8) is 0 Å². The van der Waals surface area contributed by atoms with Crippen LogP contribution in [0.15, 0.2) is 23.4 Å². The molecule has 2 rings (SSSR count). The van der Waals surface area contributed by atoms with Gasteiger partial charge in [-0.1, -0.05) is 36.2 Å². The number of imide groups is 1. The maximum Gasteiger partial charge on any atom is 0.321 e. The molecule has 2 N–H and O–H groups in total. The van der Waals surface area contributed by atoms with Crippen LogP contribution < -0.4 is 10.6 Å². The van der Waals surface area contributed by atoms with Crippen LogP contribution in [0.3, 0.4) is 0 Å². The highest BCUT2D eigenvalue weighted by Gasteiger charge is 2.18. The molecule has 0 atom stereocenters. The van der Waals surface area contributed by atoms with Gasteiger partial charge < -0.3 is 5.32 Å². The summed E-state index contributed by atoms with van der Waals surface area (Å²) in [4.78, 5) is 27.3. The van der Waals surface area contributed by atoms with Crippen LogP contribution in [0, 0.1) is 0 Å². The van der Waals surface area contributed by atoms with Gasteiger partial charge in [-0.2, -0.15) is 0 Å². The van der Waals surface area contributed by atoms with Crippen LogP contribution in [-0.4, -0.2) is 28.7 Å². The molecule has 5 nitrogen and oxygen atoms in total. The number of hydrogen-bond acceptors (Lipinski definition) is 4. The van der Waals surface area contributed by atoms with E-state index in [1.54, 1.807) is 18.3 Å². The summed E-state index contributed by atoms with van der Waals surface area (Å²) in [5, 5.41) is 6.20. The highest BCUT2D eigenvalue weighted by molar-refractivity contribution is 8.00. The van der Waals surface area contributed by atoms with Crippen molar-refractivity contribution in [3.8, 4) is 0 Å². The van der Waals surface area contributed by atoms with Gasteiger partial charge in [0.15, 0.2) is 0 Å². The molecule has 1 aliphatic carbocycles. The molecule has 1 aromatic rings. The van der Waals surface area contributed by atoms with Crippen LogP contribution in [0.25, 0.3) is 0 Å². The standard InChI is InChI=1S/C13H16ClN3O2S/c14-10-6-3-7-15-12(10)20-8-11(18)17-13(19)16-9-4-1-2-5-9/h3,6-7,9H,1-2,4-5,8H2,(H2,16,17,18,19). The van der Waals surface area contributed by atoms with Gasteiger partial charge in [-0.3, -0.25) is 10.1 Å². The number of rotatable bonds is 4. The zero-order valence-corrected chi connectivity index (χ0v) is 12.5. The third-order valence-corrected chi connectivity index (χ3v) is 4.43. The van der Waals surface area contributed by atoms with Gasteiger partial charge in [0.1, 0.15) is 5.03 Å². The highest BCUT2D eigenvalue weighted by atomic mass is 35.5. The van der Waals surface area contributed by atoms with Crippen molar-refractivity contribution in [1.82, 2.24) is 15.6 Å². The fourth-order valence-corrected chi connectivity index (χ4v) is 3.03. The number of carbonyl (C=O) groups is 2. The first-order valence-corrected chi connectivity index (χ1v) is 7.85. The lowest BCUT2D eigenvalue weighted by Crippen LogP contribution is -2.44. The Hall–Kier alpha value is -1.27. The zero-order valence-electron chi connectivity index (χ0n) is 10.9. The third kappa shape index (κ3) is 4.68. The largest absolute Gasteiger partial charge is 0.335 e. The first-order valence-electron chi connectivity index (χ1n) is 6.49. The SMILES string of the molecule is O=C(CSc1ncccc1Cl)NC(=O)NC1CCCC1. The summed E-state index contributed by atoms with van der Waals surface area (Å²) in [6.07, 6.45) is 5.85. The molecule has 3 amide bonds. The number of urea groups is 1. The maximum absolute atomic E-state index is 11.6. The number of nitrogens with zero attached hydrogens (tertiary/aromatic N) is 1. The second kappa shape index (κ2) is 7.50. The Morgan fingerprint density at radius 1 is 1.40 bits per heavy atom. The van der Waals surface area contributed by atoms with Crippen molar-refractivity contribution in [3.05, 3.63) is 23.4 Å². The molecule has 0 aromatic carbocycles. The number of aromatic nitrogens is 1. The van der Waals surface area contributed by atoms with Crippen LogP contribution in [0.2, 0.25) is 5.02 Å². The Balaban J connectivity index is 1.72. The van der Waals surface area contributed by atoms with E-state index in [4.69, 9.17) is 11.6 Å². The molecule has 1 aromatic heterocycles. The zero-order chi connectivity index (χ0) is 14.4. The summed E-state index contributed by atoms with van der Waals surface area (Å²) in [7, 11) is 0. The summed E-state index contributed by atoms with van der Waals surface area (Å²) in [5.41, 5.74) is 0. The van der Waals surface area contributed by atoms with E-state index >= 15 is 0 Å². The number of thioether (sulfide) groups is 1.